The molecule has 0 fully saturated rings. The minimum Gasteiger partial charge on any atom is -0.358 e. The summed E-state index contributed by atoms with van der Waals surface area (Å²) >= 11 is 0. The van der Waals surface area contributed by atoms with Crippen molar-refractivity contribution in [2.24, 2.45) is 5.92 Å². The topological polar surface area (TPSA) is 15.3 Å². The van der Waals surface area contributed by atoms with Crippen molar-refractivity contribution < 1.29 is 5.76 Å². The smallest absolute Gasteiger partial charge is 0.0785 e. The Morgan fingerprint density at radius 3 is 1.68 bits per heavy atom. The van der Waals surface area contributed by atoms with Crippen molar-refractivity contribution in [1.29, 1.82) is 0 Å². The van der Waals surface area contributed by atoms with Crippen LogP contribution in [-0.4, -0.2) is 22.1 Å². The number of alkyl halides is 1. The fourth-order valence-corrected chi connectivity index (χ4v) is 4.19. The molecule has 1 atom stereocenters. The van der Waals surface area contributed by atoms with Gasteiger partial charge in [-0.15, -0.1) is 0 Å². The molecule has 0 aliphatic heterocycles. The molecule has 1 N–H and O–H groups in total. The first-order valence-electron chi connectivity index (χ1n) is 14.3. The van der Waals surface area contributed by atoms with Crippen LogP contribution in [0.15, 0.2) is 109 Å². The fourth-order valence-electron chi connectivity index (χ4n) is 4.19. The second kappa shape index (κ2) is 21.3. The third-order valence-electron chi connectivity index (χ3n) is 6.51. The highest BCUT2D eigenvalue weighted by atomic mass is 19.1. The van der Waals surface area contributed by atoms with Gasteiger partial charge >= 0.3 is 0 Å². The summed E-state index contributed by atoms with van der Waals surface area (Å²) in [4.78, 5) is 2.48. The van der Waals surface area contributed by atoms with Gasteiger partial charge in [-0.1, -0.05) is 113 Å². The first kappa shape index (κ1) is 34.5. The average Bonchev–Trinajstić information content (AvgIpc) is 2.97. The van der Waals surface area contributed by atoms with Gasteiger partial charge in [0.25, 0.3) is 0 Å². The Morgan fingerprint density at radius 2 is 1.18 bits per heavy atom. The summed E-state index contributed by atoms with van der Waals surface area (Å²) in [6.45, 7) is 9.93. The summed E-state index contributed by atoms with van der Waals surface area (Å²) in [6, 6.07) is 38.2. The highest BCUT2D eigenvalue weighted by Crippen LogP contribution is 2.28. The Labute approximate surface area is 247 Å². The van der Waals surface area contributed by atoms with E-state index in [-0.39, 0.29) is 15.8 Å². The molecule has 0 heterocycles. The molecule has 218 valence electrons. The van der Waals surface area contributed by atoms with Gasteiger partial charge in [-0.25, -0.2) is 0 Å². The molecule has 4 aromatic carbocycles. The summed E-state index contributed by atoms with van der Waals surface area (Å²) in [5.74, 6) is 0.751. The molecule has 0 aliphatic rings. The maximum absolute atomic E-state index is 9.96. The SMILES string of the molecule is CCCCC(CC)CN(c1ccccc1)c1ccc(C)cc1.Cc1ccc(Nc2ccccc2)cc1.[2H]CF.[BH4-].[CH3-]. The molecule has 0 spiro atoms. The summed E-state index contributed by atoms with van der Waals surface area (Å²) < 4.78 is 15.5. The Kier molecular flexibility index (Phi) is 18.4. The Hall–Kier alpha value is -3.53. The number of hydrogen-bond acceptors (Lipinski definition) is 2. The van der Waals surface area contributed by atoms with Crippen LogP contribution in [0.1, 0.15) is 52.0 Å². The second-order valence-electron chi connectivity index (χ2n) is 9.56. The number of halogens is 1. The van der Waals surface area contributed by atoms with Crippen molar-refractivity contribution in [2.75, 3.05) is 23.9 Å². The molecule has 4 aromatic rings. The number of rotatable bonds is 10. The number of nitrogens with one attached hydrogen (secondary N) is 1. The molecule has 4 heteroatoms. The van der Waals surface area contributed by atoms with Gasteiger partial charge in [0.2, 0.25) is 0 Å². The lowest BCUT2D eigenvalue weighted by Gasteiger charge is -2.29. The molecule has 4 rings (SSSR count). The molecule has 2 nitrogen and oxygen atoms in total. The summed E-state index contributed by atoms with van der Waals surface area (Å²) in [7, 11) is -1.00. The number of benzene rings is 4. The van der Waals surface area contributed by atoms with Crippen molar-refractivity contribution in [2.45, 2.75) is 53.4 Å². The maximum Gasteiger partial charge on any atom is 0.0785 e. The monoisotopic (exact) mass is 543 g/mol. The van der Waals surface area contributed by atoms with Gasteiger partial charge < -0.3 is 17.6 Å². The van der Waals surface area contributed by atoms with E-state index in [0.29, 0.717) is 0 Å². The van der Waals surface area contributed by atoms with E-state index in [1.165, 1.54) is 48.2 Å². The molecule has 0 aromatic heterocycles. The van der Waals surface area contributed by atoms with Gasteiger partial charge in [-0.3, -0.25) is 4.39 Å². The van der Waals surface area contributed by atoms with Crippen LogP contribution in [0.25, 0.3) is 0 Å². The van der Waals surface area contributed by atoms with Crippen molar-refractivity contribution in [3.05, 3.63) is 128 Å². The lowest BCUT2D eigenvalue weighted by Crippen LogP contribution is -2.25. The van der Waals surface area contributed by atoms with Gasteiger partial charge in [0, 0.05) is 29.3 Å². The highest BCUT2D eigenvalue weighted by Gasteiger charge is 2.15. The van der Waals surface area contributed by atoms with Gasteiger partial charge in [-0.05, 0) is 74.7 Å². The Morgan fingerprint density at radius 1 is 0.725 bits per heavy atom. The number of anilines is 4. The quantitative estimate of drug-likeness (QED) is 0.158. The van der Waals surface area contributed by atoms with Crippen molar-refractivity contribution in [1.82, 2.24) is 0 Å². The van der Waals surface area contributed by atoms with Gasteiger partial charge in [-0.2, -0.15) is 0 Å². The van der Waals surface area contributed by atoms with Crippen LogP contribution < -0.4 is 10.2 Å². The number of hydrogen-bond donors (Lipinski definition) is 1. The van der Waals surface area contributed by atoms with Gasteiger partial charge in [0.1, 0.15) is 0 Å². The highest BCUT2D eigenvalue weighted by molar-refractivity contribution is 5.75. The van der Waals surface area contributed by atoms with Crippen LogP contribution in [0.4, 0.5) is 27.1 Å². The van der Waals surface area contributed by atoms with E-state index in [9.17, 15) is 4.39 Å². The van der Waals surface area contributed by atoms with E-state index in [0.717, 1.165) is 23.8 Å². The Bertz CT molecular complexity index is 1140. The molecule has 0 amide bonds. The van der Waals surface area contributed by atoms with E-state index in [1.807, 2.05) is 18.2 Å². The Balaban J connectivity index is 0.000000727. The predicted octanol–water partition coefficient (Wildman–Crippen LogP) is 9.67. The van der Waals surface area contributed by atoms with Crippen LogP contribution in [0.5, 0.6) is 0 Å². The van der Waals surface area contributed by atoms with Crippen LogP contribution >= 0.6 is 0 Å². The predicted molar refractivity (Wildman–Crippen MR) is 184 cm³/mol. The minimum atomic E-state index is -1.00. The lowest BCUT2D eigenvalue weighted by molar-refractivity contribution is 0.458. The zero-order valence-corrected chi connectivity index (χ0v) is 24.5. The van der Waals surface area contributed by atoms with E-state index in [1.54, 1.807) is 0 Å². The molecule has 40 heavy (non-hydrogen) atoms. The van der Waals surface area contributed by atoms with Gasteiger partial charge in [0.15, 0.2) is 0 Å². The largest absolute Gasteiger partial charge is 0.358 e. The number of unbranched alkanes of at least 4 members (excludes halogenated alkanes) is 1. The van der Waals surface area contributed by atoms with Crippen molar-refractivity contribution in [3.63, 3.8) is 0 Å². The number of para-hydroxylation sites is 2. The molecule has 0 radical (unpaired) electrons. The van der Waals surface area contributed by atoms with Crippen LogP contribution in [0.3, 0.4) is 0 Å². The van der Waals surface area contributed by atoms with Crippen molar-refractivity contribution >= 4 is 31.2 Å². The molecule has 1 unspecified atom stereocenters. The average molecular weight is 544 g/mol. The number of nitrogens with zero attached hydrogens (tertiary/aromatic N) is 1. The first-order valence-corrected chi connectivity index (χ1v) is 13.6. The van der Waals surface area contributed by atoms with Gasteiger partial charge in [0.05, 0.1) is 8.52 Å². The third-order valence-corrected chi connectivity index (χ3v) is 6.51. The molecular formula is C36H52BFN2-2. The van der Waals surface area contributed by atoms with E-state index >= 15 is 0 Å². The fraction of sp³-hybridized carbons (Fsp3) is 0.306. The zero-order valence-electron chi connectivity index (χ0n) is 25.5. The summed E-state index contributed by atoms with van der Waals surface area (Å²) in [6.07, 6.45) is 5.18. The van der Waals surface area contributed by atoms with Crippen LogP contribution in [0, 0.1) is 27.2 Å². The van der Waals surface area contributed by atoms with Crippen molar-refractivity contribution in [3.8, 4) is 0 Å². The van der Waals surface area contributed by atoms with Crippen LogP contribution in [-0.2, 0) is 0 Å². The second-order valence-corrected chi connectivity index (χ2v) is 9.56. The maximum atomic E-state index is 9.96. The molecule has 0 aliphatic carbocycles. The molecular weight excluding hydrogens is 490 g/mol. The minimum absolute atomic E-state index is 0. The summed E-state index contributed by atoms with van der Waals surface area (Å²) in [5, 5.41) is 3.33. The molecule has 0 bridgehead atoms. The first-order chi connectivity index (χ1) is 19.0. The normalized spacial score (nSPS) is 10.6. The molecule has 0 saturated heterocycles. The third kappa shape index (κ3) is 13.0. The standard InChI is InChI=1S/C21H29N.C13H13N.CH3F.CH3.BH4/c1-4-6-10-19(5-2)17-22(20-11-8-7-9-12-20)21-15-13-18(3)14-16-21;1-11-7-9-13(10-8-11)14-12-5-3-2-4-6-12;1-2;;/h7-9,11-16,19H,4-6,10,17H2,1-3H3;2-10,14H,1H3;1H3;1H3;1H4/q;;;2*-1/i;;1D;;. The molecule has 0 saturated carbocycles. The zero-order chi connectivity index (χ0) is 28.3. The summed E-state index contributed by atoms with van der Waals surface area (Å²) in [5.41, 5.74) is 7.43. The lowest BCUT2D eigenvalue weighted by atomic mass is 9.98. The van der Waals surface area contributed by atoms with E-state index in [4.69, 9.17) is 1.37 Å². The van der Waals surface area contributed by atoms with Crippen LogP contribution in [0.2, 0.25) is 0 Å². The number of aryl methyl sites for hydroxylation is 2. The van der Waals surface area contributed by atoms with E-state index < -0.39 is 7.15 Å². The van der Waals surface area contributed by atoms with E-state index in [2.05, 4.69) is 129 Å².